The molecule has 26 heavy (non-hydrogen) atoms. The van der Waals surface area contributed by atoms with Crippen LogP contribution in [0, 0.1) is 0 Å². The van der Waals surface area contributed by atoms with E-state index in [2.05, 4.69) is 4.98 Å². The summed E-state index contributed by atoms with van der Waals surface area (Å²) >= 11 is 3.02. The van der Waals surface area contributed by atoms with E-state index in [0.717, 1.165) is 10.6 Å². The summed E-state index contributed by atoms with van der Waals surface area (Å²) in [6.45, 7) is 0. The molecule has 0 aliphatic heterocycles. The molecule has 1 atom stereocenters. The quantitative estimate of drug-likeness (QED) is 0.495. The number of primary amides is 1. The first-order valence-electron chi connectivity index (χ1n) is 7.79. The van der Waals surface area contributed by atoms with Crippen molar-refractivity contribution in [3.63, 3.8) is 0 Å². The summed E-state index contributed by atoms with van der Waals surface area (Å²) in [4.78, 5) is 29.4. The van der Waals surface area contributed by atoms with Gasteiger partial charge in [0, 0.05) is 21.6 Å². The minimum atomic E-state index is -1.12. The normalized spacial score (nSPS) is 11.7. The molecule has 1 amide bonds. The lowest BCUT2D eigenvalue weighted by atomic mass is 10.1. The highest BCUT2D eigenvalue weighted by Crippen LogP contribution is 2.28. The Morgan fingerprint density at radius 1 is 1.12 bits per heavy atom. The van der Waals surface area contributed by atoms with Crippen LogP contribution < -0.4 is 5.73 Å². The first-order chi connectivity index (χ1) is 12.6. The number of nitrogens with two attached hydrogens (primary N) is 1. The van der Waals surface area contributed by atoms with Gasteiger partial charge >= 0.3 is 5.97 Å². The van der Waals surface area contributed by atoms with Crippen LogP contribution >= 0.6 is 23.1 Å². The van der Waals surface area contributed by atoms with Gasteiger partial charge in [-0.25, -0.2) is 9.78 Å². The van der Waals surface area contributed by atoms with Crippen LogP contribution in [0.2, 0.25) is 0 Å². The molecule has 3 aromatic rings. The maximum atomic E-state index is 12.7. The molecule has 2 N–H and O–H groups in total. The predicted octanol–water partition coefficient (Wildman–Crippen LogP) is 3.82. The maximum Gasteiger partial charge on any atom is 0.340 e. The molecule has 0 radical (unpaired) electrons. The number of thioether (sulfide) groups is 1. The molecule has 5 nitrogen and oxygen atoms in total. The zero-order valence-corrected chi connectivity index (χ0v) is 15.3. The average molecular weight is 384 g/mol. The third-order valence-corrected chi connectivity index (χ3v) is 5.29. The summed E-state index contributed by atoms with van der Waals surface area (Å²) in [5.41, 5.74) is 9.09. The SMILES string of the molecule is NC(=O)[C@@H](OC(=O)c1ccccc1SCc1cscn1)c1ccccc1. The van der Waals surface area contributed by atoms with Crippen LogP contribution in [0.4, 0.5) is 0 Å². The van der Waals surface area contributed by atoms with Crippen molar-refractivity contribution in [3.05, 3.63) is 82.3 Å². The van der Waals surface area contributed by atoms with Crippen LogP contribution in [0.25, 0.3) is 0 Å². The van der Waals surface area contributed by atoms with Crippen molar-refractivity contribution in [1.82, 2.24) is 4.98 Å². The van der Waals surface area contributed by atoms with Crippen LogP contribution in [0.3, 0.4) is 0 Å². The highest BCUT2D eigenvalue weighted by molar-refractivity contribution is 7.98. The van der Waals surface area contributed by atoms with Crippen LogP contribution in [-0.4, -0.2) is 16.9 Å². The topological polar surface area (TPSA) is 82.3 Å². The van der Waals surface area contributed by atoms with Gasteiger partial charge < -0.3 is 10.5 Å². The molecule has 0 aliphatic carbocycles. The van der Waals surface area contributed by atoms with Gasteiger partial charge in [-0.1, -0.05) is 42.5 Å². The number of amides is 1. The first-order valence-corrected chi connectivity index (χ1v) is 9.72. The number of hydrogen-bond acceptors (Lipinski definition) is 6. The van der Waals surface area contributed by atoms with E-state index < -0.39 is 18.0 Å². The monoisotopic (exact) mass is 384 g/mol. The van der Waals surface area contributed by atoms with Gasteiger partial charge in [-0.05, 0) is 12.1 Å². The largest absolute Gasteiger partial charge is 0.444 e. The molecule has 1 aromatic heterocycles. The molecular formula is C19H16N2O3S2. The molecule has 0 spiro atoms. The van der Waals surface area contributed by atoms with Crippen molar-refractivity contribution < 1.29 is 14.3 Å². The van der Waals surface area contributed by atoms with Crippen LogP contribution in [0.15, 0.2) is 70.4 Å². The summed E-state index contributed by atoms with van der Waals surface area (Å²) in [5.74, 6) is -0.651. The number of carbonyl (C=O) groups is 2. The number of carbonyl (C=O) groups excluding carboxylic acids is 2. The second-order valence-corrected chi connectivity index (χ2v) is 7.10. The van der Waals surface area contributed by atoms with E-state index in [4.69, 9.17) is 10.5 Å². The van der Waals surface area contributed by atoms with E-state index in [0.29, 0.717) is 16.9 Å². The molecule has 132 valence electrons. The van der Waals surface area contributed by atoms with Gasteiger partial charge in [0.25, 0.3) is 5.91 Å². The average Bonchev–Trinajstić information content (AvgIpc) is 3.18. The number of hydrogen-bond donors (Lipinski definition) is 1. The number of ether oxygens (including phenoxy) is 1. The van der Waals surface area contributed by atoms with Crippen LogP contribution in [0.1, 0.15) is 27.7 Å². The Morgan fingerprint density at radius 3 is 2.54 bits per heavy atom. The second kappa shape index (κ2) is 8.64. The molecule has 7 heteroatoms. The van der Waals surface area contributed by atoms with E-state index >= 15 is 0 Å². The highest BCUT2D eigenvalue weighted by Gasteiger charge is 2.24. The van der Waals surface area contributed by atoms with Gasteiger partial charge in [0.1, 0.15) is 0 Å². The minimum Gasteiger partial charge on any atom is -0.444 e. The molecule has 0 aliphatic rings. The van der Waals surface area contributed by atoms with Gasteiger partial charge in [-0.15, -0.1) is 23.1 Å². The summed E-state index contributed by atoms with van der Waals surface area (Å²) in [6.07, 6.45) is -1.12. The Morgan fingerprint density at radius 2 is 1.85 bits per heavy atom. The lowest BCUT2D eigenvalue weighted by molar-refractivity contribution is -0.127. The summed E-state index contributed by atoms with van der Waals surface area (Å²) in [7, 11) is 0. The van der Waals surface area contributed by atoms with Gasteiger partial charge in [0.2, 0.25) is 6.10 Å². The van der Waals surface area contributed by atoms with Crippen molar-refractivity contribution in [1.29, 1.82) is 0 Å². The van der Waals surface area contributed by atoms with Crippen molar-refractivity contribution in [2.24, 2.45) is 5.73 Å². The fourth-order valence-electron chi connectivity index (χ4n) is 2.31. The minimum absolute atomic E-state index is 0.398. The Bertz CT molecular complexity index is 883. The Hall–Kier alpha value is -2.64. The van der Waals surface area contributed by atoms with E-state index in [1.165, 1.54) is 23.1 Å². The molecule has 0 saturated carbocycles. The van der Waals surface area contributed by atoms with Crippen molar-refractivity contribution >= 4 is 35.0 Å². The third-order valence-electron chi connectivity index (χ3n) is 3.55. The molecule has 0 bridgehead atoms. The lowest BCUT2D eigenvalue weighted by Gasteiger charge is -2.16. The molecular weight excluding hydrogens is 368 g/mol. The number of esters is 1. The standard InChI is InChI=1S/C19H16N2O3S2/c20-18(22)17(13-6-2-1-3-7-13)24-19(23)15-8-4-5-9-16(15)26-11-14-10-25-12-21-14/h1-10,12,17H,11H2,(H2,20,22)/t17-/m0/s1. The zero-order valence-electron chi connectivity index (χ0n) is 13.7. The van der Waals surface area contributed by atoms with E-state index in [-0.39, 0.29) is 0 Å². The van der Waals surface area contributed by atoms with Crippen molar-refractivity contribution in [2.45, 2.75) is 16.8 Å². The summed E-state index contributed by atoms with van der Waals surface area (Å²) in [5, 5.41) is 1.96. The van der Waals surface area contributed by atoms with Crippen LogP contribution in [-0.2, 0) is 15.3 Å². The molecule has 0 unspecified atom stereocenters. The van der Waals surface area contributed by atoms with Crippen molar-refractivity contribution in [3.8, 4) is 0 Å². The number of aromatic nitrogens is 1. The predicted molar refractivity (Wildman–Crippen MR) is 102 cm³/mol. The van der Waals surface area contributed by atoms with E-state index in [9.17, 15) is 9.59 Å². The molecule has 1 heterocycles. The van der Waals surface area contributed by atoms with Gasteiger partial charge in [-0.3, -0.25) is 4.79 Å². The number of benzene rings is 2. The fraction of sp³-hybridized carbons (Fsp3) is 0.105. The van der Waals surface area contributed by atoms with Crippen molar-refractivity contribution in [2.75, 3.05) is 0 Å². The third kappa shape index (κ3) is 4.50. The Labute approximate surface area is 159 Å². The van der Waals surface area contributed by atoms with Crippen LogP contribution in [0.5, 0.6) is 0 Å². The first kappa shape index (κ1) is 18.2. The Kier molecular flexibility index (Phi) is 6.04. The van der Waals surface area contributed by atoms with Gasteiger partial charge in [-0.2, -0.15) is 0 Å². The number of thiazole rings is 1. The fourth-order valence-corrected chi connectivity index (χ4v) is 3.92. The number of rotatable bonds is 7. The second-order valence-electron chi connectivity index (χ2n) is 5.36. The lowest BCUT2D eigenvalue weighted by Crippen LogP contribution is -2.26. The Balaban J connectivity index is 1.77. The van der Waals surface area contributed by atoms with E-state index in [1.807, 2.05) is 23.6 Å². The summed E-state index contributed by atoms with van der Waals surface area (Å²) in [6, 6.07) is 15.9. The maximum absolute atomic E-state index is 12.7. The molecule has 2 aromatic carbocycles. The highest BCUT2D eigenvalue weighted by atomic mass is 32.2. The van der Waals surface area contributed by atoms with E-state index in [1.54, 1.807) is 41.9 Å². The molecule has 0 fully saturated rings. The van der Waals surface area contributed by atoms with Gasteiger partial charge in [0.15, 0.2) is 0 Å². The smallest absolute Gasteiger partial charge is 0.340 e. The number of nitrogens with zero attached hydrogens (tertiary/aromatic N) is 1. The van der Waals surface area contributed by atoms with Gasteiger partial charge in [0.05, 0.1) is 16.8 Å². The summed E-state index contributed by atoms with van der Waals surface area (Å²) < 4.78 is 5.42. The molecule has 0 saturated heterocycles. The zero-order chi connectivity index (χ0) is 18.4. The molecule has 3 rings (SSSR count).